The van der Waals surface area contributed by atoms with Crippen LogP contribution in [0.3, 0.4) is 0 Å². The second-order valence-electron chi connectivity index (χ2n) is 9.63. The van der Waals surface area contributed by atoms with Crippen molar-refractivity contribution < 1.29 is 14.3 Å². The van der Waals surface area contributed by atoms with E-state index in [-0.39, 0.29) is 17.8 Å². The zero-order valence-electron chi connectivity index (χ0n) is 17.3. The molecule has 25 heavy (non-hydrogen) atoms. The number of phenolic OH excluding ortho intramolecular Hbond substituents is 1. The molecule has 0 aliphatic heterocycles. The highest BCUT2D eigenvalue weighted by molar-refractivity contribution is 6.89. The van der Waals surface area contributed by atoms with Gasteiger partial charge in [0.25, 0.3) is 0 Å². The molecule has 0 radical (unpaired) electrons. The molecule has 0 unspecified atom stereocenters. The number of hydrogen-bond acceptors (Lipinski definition) is 4. The van der Waals surface area contributed by atoms with Crippen LogP contribution >= 0.6 is 0 Å². The van der Waals surface area contributed by atoms with Gasteiger partial charge in [-0.3, -0.25) is 4.79 Å². The second kappa shape index (κ2) is 7.77. The molecule has 1 atom stereocenters. The maximum atomic E-state index is 13.1. The first-order valence-corrected chi connectivity index (χ1v) is 19.2. The van der Waals surface area contributed by atoms with E-state index >= 15 is 0 Å². The summed E-state index contributed by atoms with van der Waals surface area (Å²) in [6.07, 6.45) is 0.623. The molecule has 1 aromatic rings. The summed E-state index contributed by atoms with van der Waals surface area (Å²) in [4.78, 5) is 13.1. The van der Waals surface area contributed by atoms with Gasteiger partial charge in [0.1, 0.15) is 22.2 Å². The minimum atomic E-state index is -1.96. The van der Waals surface area contributed by atoms with Gasteiger partial charge in [-0.05, 0) is 43.8 Å². The maximum absolute atomic E-state index is 13.1. The van der Waals surface area contributed by atoms with E-state index in [1.54, 1.807) is 12.1 Å². The molecule has 0 bridgehead atoms. The van der Waals surface area contributed by atoms with Crippen LogP contribution in [0.25, 0.3) is 0 Å². The fraction of sp³-hybridized carbons (Fsp3) is 0.611. The molecular formula is C18H35NO3Si3. The lowest BCUT2D eigenvalue weighted by molar-refractivity contribution is -0.138. The molecule has 142 valence electrons. The van der Waals surface area contributed by atoms with Gasteiger partial charge in [0.05, 0.1) is 6.04 Å². The predicted molar refractivity (Wildman–Crippen MR) is 114 cm³/mol. The number of aromatic hydroxyl groups is 1. The summed E-state index contributed by atoms with van der Waals surface area (Å²) in [6.45, 7) is 20.0. The molecule has 0 heterocycles. The van der Waals surface area contributed by atoms with Gasteiger partial charge in [-0.25, -0.2) is 0 Å². The van der Waals surface area contributed by atoms with E-state index in [4.69, 9.17) is 4.43 Å². The van der Waals surface area contributed by atoms with E-state index in [9.17, 15) is 9.90 Å². The van der Waals surface area contributed by atoms with Gasteiger partial charge in [0, 0.05) is 0 Å². The van der Waals surface area contributed by atoms with Crippen molar-refractivity contribution in [1.29, 1.82) is 0 Å². The fourth-order valence-corrected chi connectivity index (χ4v) is 14.5. The smallest absolute Gasteiger partial charge is 0.309 e. The van der Waals surface area contributed by atoms with Gasteiger partial charge in [-0.2, -0.15) is 0 Å². The Kier molecular flexibility index (Phi) is 6.88. The number of nitrogens with zero attached hydrogens (tertiary/aromatic N) is 1. The van der Waals surface area contributed by atoms with Crippen molar-refractivity contribution in [2.75, 3.05) is 0 Å². The largest absolute Gasteiger partial charge is 0.519 e. The maximum Gasteiger partial charge on any atom is 0.309 e. The molecule has 1 rings (SSSR count). The van der Waals surface area contributed by atoms with Gasteiger partial charge in [-0.15, -0.1) is 0 Å². The third-order valence-electron chi connectivity index (χ3n) is 3.80. The number of carbonyl (C=O) groups is 1. The Labute approximate surface area is 156 Å². The van der Waals surface area contributed by atoms with Crippen LogP contribution in [0.5, 0.6) is 5.75 Å². The van der Waals surface area contributed by atoms with Crippen molar-refractivity contribution in [3.8, 4) is 5.75 Å². The van der Waals surface area contributed by atoms with Crippen LogP contribution in [0.15, 0.2) is 24.3 Å². The molecule has 0 amide bonds. The summed E-state index contributed by atoms with van der Waals surface area (Å²) < 4.78 is 8.44. The SMILES string of the molecule is C[Si](C)(C)OC(=O)[C@H](Cc1ccc(O)cc1)N([Si](C)(C)C)[Si](C)(C)C. The Bertz CT molecular complexity index is 570. The first-order chi connectivity index (χ1) is 11.1. The lowest BCUT2D eigenvalue weighted by Gasteiger charge is -2.48. The number of benzene rings is 1. The van der Waals surface area contributed by atoms with Crippen molar-refractivity contribution in [3.05, 3.63) is 29.8 Å². The van der Waals surface area contributed by atoms with Crippen LogP contribution in [0.1, 0.15) is 5.56 Å². The molecule has 0 aromatic heterocycles. The van der Waals surface area contributed by atoms with Gasteiger partial charge < -0.3 is 13.8 Å². The summed E-state index contributed by atoms with van der Waals surface area (Å²) in [5.74, 6) is 0.161. The zero-order chi connectivity index (χ0) is 19.6. The van der Waals surface area contributed by atoms with E-state index in [0.29, 0.717) is 6.42 Å². The number of phenols is 1. The molecule has 7 heteroatoms. The molecule has 0 fully saturated rings. The lowest BCUT2D eigenvalue weighted by atomic mass is 10.1. The molecule has 0 aliphatic carbocycles. The molecule has 1 aromatic carbocycles. The number of rotatable bonds is 7. The van der Waals surface area contributed by atoms with E-state index in [2.05, 4.69) is 63.2 Å². The zero-order valence-corrected chi connectivity index (χ0v) is 20.3. The number of hydrogen-bond donors (Lipinski definition) is 1. The summed E-state index contributed by atoms with van der Waals surface area (Å²) in [5, 5.41) is 9.54. The highest BCUT2D eigenvalue weighted by Crippen LogP contribution is 2.27. The van der Waals surface area contributed by atoms with Gasteiger partial charge >= 0.3 is 5.97 Å². The first kappa shape index (κ1) is 22.1. The Hall–Kier alpha value is -0.899. The molecule has 0 aliphatic rings. The van der Waals surface area contributed by atoms with Gasteiger partial charge in [0.2, 0.25) is 8.32 Å². The normalized spacial score (nSPS) is 14.5. The Morgan fingerprint density at radius 1 is 0.960 bits per heavy atom. The van der Waals surface area contributed by atoms with Crippen LogP contribution < -0.4 is 0 Å². The number of carbonyl (C=O) groups excluding carboxylic acids is 1. The average molecular weight is 398 g/mol. The molecule has 0 spiro atoms. The summed E-state index contributed by atoms with van der Waals surface area (Å²) in [7, 11) is -5.41. The highest BCUT2D eigenvalue weighted by Gasteiger charge is 2.43. The molecule has 0 saturated carbocycles. The Morgan fingerprint density at radius 3 is 1.76 bits per heavy atom. The van der Waals surface area contributed by atoms with Crippen LogP contribution in [0.2, 0.25) is 58.9 Å². The van der Waals surface area contributed by atoms with Crippen molar-refractivity contribution in [1.82, 2.24) is 4.23 Å². The standard InChI is InChI=1S/C18H35NO3Si3/c1-23(2,3)19(24(4,5)6)17(18(21)22-25(7,8)9)14-15-10-12-16(20)13-11-15/h10-13,17,20H,14H2,1-9H3/t17-/m0/s1. The summed E-state index contributed by atoms with van der Waals surface area (Å²) >= 11 is 0. The van der Waals surface area contributed by atoms with E-state index in [1.165, 1.54) is 0 Å². The second-order valence-corrected chi connectivity index (χ2v) is 24.2. The third-order valence-corrected chi connectivity index (χ3v) is 12.2. The van der Waals surface area contributed by atoms with Crippen LogP contribution in [0.4, 0.5) is 0 Å². The van der Waals surface area contributed by atoms with E-state index in [0.717, 1.165) is 5.56 Å². The van der Waals surface area contributed by atoms with Gasteiger partial charge in [-0.1, -0.05) is 51.4 Å². The topological polar surface area (TPSA) is 49.8 Å². The minimum absolute atomic E-state index is 0.0860. The molecular weight excluding hydrogens is 362 g/mol. The van der Waals surface area contributed by atoms with Crippen molar-refractivity contribution in [2.24, 2.45) is 0 Å². The lowest BCUT2D eigenvalue weighted by Crippen LogP contribution is -2.66. The van der Waals surface area contributed by atoms with Crippen molar-refractivity contribution in [3.63, 3.8) is 0 Å². The quantitative estimate of drug-likeness (QED) is 0.680. The van der Waals surface area contributed by atoms with Gasteiger partial charge in [0.15, 0.2) is 0 Å². The molecule has 0 saturated heterocycles. The summed E-state index contributed by atoms with van der Waals surface area (Å²) in [6, 6.07) is 6.91. The first-order valence-electron chi connectivity index (χ1n) is 8.91. The Morgan fingerprint density at radius 2 is 1.40 bits per heavy atom. The minimum Gasteiger partial charge on any atom is -0.519 e. The van der Waals surface area contributed by atoms with Crippen LogP contribution in [0, 0.1) is 0 Å². The predicted octanol–water partition coefficient (Wildman–Crippen LogP) is 4.65. The molecule has 1 N–H and O–H groups in total. The third kappa shape index (κ3) is 7.09. The Balaban J connectivity index is 3.29. The van der Waals surface area contributed by atoms with Crippen molar-refractivity contribution >= 4 is 30.8 Å². The summed E-state index contributed by atoms with van der Waals surface area (Å²) in [5.41, 5.74) is 1.05. The highest BCUT2D eigenvalue weighted by atomic mass is 28.4. The average Bonchev–Trinajstić information content (AvgIpc) is 2.35. The van der Waals surface area contributed by atoms with E-state index < -0.39 is 24.8 Å². The monoisotopic (exact) mass is 397 g/mol. The van der Waals surface area contributed by atoms with E-state index in [1.807, 2.05) is 12.1 Å². The van der Waals surface area contributed by atoms with Crippen molar-refractivity contribution in [2.45, 2.75) is 71.4 Å². The van der Waals surface area contributed by atoms with Crippen LogP contribution in [-0.4, -0.2) is 46.1 Å². The fourth-order valence-electron chi connectivity index (χ4n) is 3.45. The van der Waals surface area contributed by atoms with Crippen LogP contribution in [-0.2, 0) is 15.6 Å². The molecule has 4 nitrogen and oxygen atoms in total.